The molecule has 0 saturated heterocycles. The zero-order valence-corrected chi connectivity index (χ0v) is 70.5. The van der Waals surface area contributed by atoms with E-state index in [4.69, 9.17) is 37.0 Å². The molecule has 3 unspecified atom stereocenters. The summed E-state index contributed by atoms with van der Waals surface area (Å²) in [7, 11) is -9.92. The summed E-state index contributed by atoms with van der Waals surface area (Å²) in [5.41, 5.74) is 0. The van der Waals surface area contributed by atoms with Crippen LogP contribution in [0.15, 0.2) is 0 Å². The van der Waals surface area contributed by atoms with E-state index in [0.29, 0.717) is 31.6 Å². The largest absolute Gasteiger partial charge is 0.472 e. The third-order valence-corrected chi connectivity index (χ3v) is 22.1. The number of carbonyl (C=O) groups is 4. The predicted molar refractivity (Wildman–Crippen MR) is 428 cm³/mol. The second kappa shape index (κ2) is 73.8. The Balaban J connectivity index is 5.14. The molecule has 17 nitrogen and oxygen atoms in total. The lowest BCUT2D eigenvalue weighted by Crippen LogP contribution is -2.30. The van der Waals surface area contributed by atoms with Crippen LogP contribution in [0.4, 0.5) is 0 Å². The van der Waals surface area contributed by atoms with Crippen LogP contribution < -0.4 is 0 Å². The molecule has 0 aromatic rings. The van der Waals surface area contributed by atoms with Gasteiger partial charge in [-0.3, -0.25) is 37.3 Å². The van der Waals surface area contributed by atoms with Crippen LogP contribution in [-0.4, -0.2) is 96.7 Å². The quantitative estimate of drug-likeness (QED) is 0.0222. The number of ether oxygens (including phenoxy) is 4. The van der Waals surface area contributed by atoms with E-state index in [9.17, 15) is 43.2 Å². The Labute approximate surface area is 638 Å². The normalized spacial score (nSPS) is 14.2. The Hall–Kier alpha value is -1.94. The SMILES string of the molecule is CCC(C)CCCCCCCCCCCCCCCCCCCCC(=O)O[C@H](COC(=O)CCCCCCCCC(C)C)COP(=O)(O)OC[C@H](O)COP(=O)(O)OC[C@@H](COC(=O)CCCCCCCCCCCC(C)C)OC(=O)CCCCCCCCCCCCCCCCCCCCC(C)C. The fourth-order valence-electron chi connectivity index (χ4n) is 13.1. The Morgan fingerprint density at radius 1 is 0.269 bits per heavy atom. The molecule has 0 aromatic heterocycles. The molecule has 0 spiro atoms. The number of phosphoric ester groups is 2. The molecular weight excluding hydrogens is 1350 g/mol. The highest BCUT2D eigenvalue weighted by atomic mass is 31.2. The van der Waals surface area contributed by atoms with E-state index in [1.807, 2.05) is 0 Å². The summed E-state index contributed by atoms with van der Waals surface area (Å²) in [5, 5.41) is 10.7. The van der Waals surface area contributed by atoms with Gasteiger partial charge in [0.1, 0.15) is 19.3 Å². The van der Waals surface area contributed by atoms with Gasteiger partial charge in [-0.15, -0.1) is 0 Å². The average molecular weight is 1520 g/mol. The van der Waals surface area contributed by atoms with Gasteiger partial charge in [0.25, 0.3) is 0 Å². The molecule has 0 aliphatic heterocycles. The number of aliphatic hydroxyl groups is 1. The predicted octanol–water partition coefficient (Wildman–Crippen LogP) is 25.6. The monoisotopic (exact) mass is 1520 g/mol. The highest BCUT2D eigenvalue weighted by Gasteiger charge is 2.30. The van der Waals surface area contributed by atoms with Crippen molar-refractivity contribution in [3.63, 3.8) is 0 Å². The Bertz CT molecular complexity index is 2030. The third kappa shape index (κ3) is 76.8. The first-order valence-corrected chi connectivity index (χ1v) is 46.7. The number of esters is 4. The van der Waals surface area contributed by atoms with Gasteiger partial charge in [-0.25, -0.2) is 9.13 Å². The number of phosphoric acid groups is 2. The summed E-state index contributed by atoms with van der Waals surface area (Å²) in [4.78, 5) is 73.1. The first-order chi connectivity index (χ1) is 50.1. The topological polar surface area (TPSA) is 237 Å². The zero-order chi connectivity index (χ0) is 76.7. The Morgan fingerprint density at radius 3 is 0.683 bits per heavy atom. The van der Waals surface area contributed by atoms with Crippen molar-refractivity contribution in [2.24, 2.45) is 23.7 Å². The van der Waals surface area contributed by atoms with Crippen LogP contribution in [0.25, 0.3) is 0 Å². The highest BCUT2D eigenvalue weighted by molar-refractivity contribution is 7.47. The van der Waals surface area contributed by atoms with Gasteiger partial charge < -0.3 is 33.8 Å². The van der Waals surface area contributed by atoms with Crippen LogP contribution in [0.2, 0.25) is 0 Å². The molecule has 104 heavy (non-hydrogen) atoms. The van der Waals surface area contributed by atoms with E-state index < -0.39 is 97.5 Å². The maximum Gasteiger partial charge on any atom is 0.472 e. The van der Waals surface area contributed by atoms with Crippen molar-refractivity contribution < 1.29 is 80.2 Å². The Kier molecular flexibility index (Phi) is 72.5. The number of unbranched alkanes of at least 4 members (excludes halogenated alkanes) is 47. The molecule has 19 heteroatoms. The van der Waals surface area contributed by atoms with Gasteiger partial charge in [0.2, 0.25) is 0 Å². The summed E-state index contributed by atoms with van der Waals surface area (Å²) in [5.74, 6) is 1.00. The van der Waals surface area contributed by atoms with Gasteiger partial charge >= 0.3 is 39.5 Å². The summed E-state index contributed by atoms with van der Waals surface area (Å²) in [6.45, 7) is 14.3. The molecule has 0 aliphatic rings. The van der Waals surface area contributed by atoms with Gasteiger partial charge in [0.15, 0.2) is 12.2 Å². The van der Waals surface area contributed by atoms with Gasteiger partial charge in [0, 0.05) is 25.7 Å². The molecule has 3 N–H and O–H groups in total. The molecule has 0 fully saturated rings. The van der Waals surface area contributed by atoms with Crippen molar-refractivity contribution in [2.45, 2.75) is 459 Å². The standard InChI is InChI=1S/C85H166O17P2/c1-9-78(8)64-56-48-39-33-27-23-19-15-11-13-17-21-25-29-35-42-52-60-68-85(90)102-81(72-96-83(88)66-58-50-44-43-47-55-63-77(6)7)74-100-104(93,94)98-70-79(86)69-97-103(91,92)99-73-80(71-95-82(87)65-57-49-40-36-30-32-38-46-54-62-76(4)5)101-84(89)67-59-51-41-34-28-24-20-16-12-10-14-18-22-26-31-37-45-53-61-75(2)3/h75-81,86H,9-74H2,1-8H3,(H,91,92)(H,93,94)/t78?,79-,80-,81-/m1/s1. The van der Waals surface area contributed by atoms with Crippen LogP contribution in [0.5, 0.6) is 0 Å². The fraction of sp³-hybridized carbons (Fsp3) is 0.953. The van der Waals surface area contributed by atoms with E-state index in [2.05, 4.69) is 55.4 Å². The molecule has 0 heterocycles. The van der Waals surface area contributed by atoms with E-state index in [1.54, 1.807) is 0 Å². The molecule has 0 saturated carbocycles. The molecule has 6 atom stereocenters. The van der Waals surface area contributed by atoms with Crippen LogP contribution in [0.1, 0.15) is 441 Å². The minimum absolute atomic E-state index is 0.107. The number of rotatable bonds is 82. The summed E-state index contributed by atoms with van der Waals surface area (Å²) in [6.07, 6.45) is 62.8. The van der Waals surface area contributed by atoms with Crippen molar-refractivity contribution in [3.8, 4) is 0 Å². The summed E-state index contributed by atoms with van der Waals surface area (Å²) >= 11 is 0. The molecule has 0 bridgehead atoms. The minimum Gasteiger partial charge on any atom is -0.462 e. The van der Waals surface area contributed by atoms with Crippen molar-refractivity contribution >= 4 is 39.5 Å². The van der Waals surface area contributed by atoms with Crippen molar-refractivity contribution in [1.82, 2.24) is 0 Å². The molecular formula is C85H166O17P2. The molecule has 0 aliphatic carbocycles. The van der Waals surface area contributed by atoms with Gasteiger partial charge in [-0.1, -0.05) is 389 Å². The third-order valence-electron chi connectivity index (χ3n) is 20.2. The van der Waals surface area contributed by atoms with Crippen LogP contribution >= 0.6 is 15.6 Å². The second-order valence-corrected chi connectivity index (χ2v) is 35.2. The molecule has 0 amide bonds. The molecule has 0 rings (SSSR count). The summed E-state index contributed by atoms with van der Waals surface area (Å²) in [6, 6.07) is 0. The zero-order valence-electron chi connectivity index (χ0n) is 68.7. The maximum atomic E-state index is 13.1. The van der Waals surface area contributed by atoms with E-state index in [-0.39, 0.29) is 25.7 Å². The van der Waals surface area contributed by atoms with E-state index in [1.165, 1.54) is 238 Å². The van der Waals surface area contributed by atoms with Gasteiger partial charge in [-0.2, -0.15) is 0 Å². The minimum atomic E-state index is -4.96. The van der Waals surface area contributed by atoms with Gasteiger partial charge in [0.05, 0.1) is 26.4 Å². The number of hydrogen-bond acceptors (Lipinski definition) is 15. The summed E-state index contributed by atoms with van der Waals surface area (Å²) < 4.78 is 68.8. The first-order valence-electron chi connectivity index (χ1n) is 43.7. The fourth-order valence-corrected chi connectivity index (χ4v) is 14.7. The second-order valence-electron chi connectivity index (χ2n) is 32.2. The van der Waals surface area contributed by atoms with E-state index >= 15 is 0 Å². The van der Waals surface area contributed by atoms with Crippen molar-refractivity contribution in [2.75, 3.05) is 39.6 Å². The van der Waals surface area contributed by atoms with Crippen molar-refractivity contribution in [3.05, 3.63) is 0 Å². The Morgan fingerprint density at radius 2 is 0.462 bits per heavy atom. The molecule has 0 radical (unpaired) electrons. The van der Waals surface area contributed by atoms with Crippen LogP contribution in [0, 0.1) is 23.7 Å². The van der Waals surface area contributed by atoms with Crippen molar-refractivity contribution in [1.29, 1.82) is 0 Å². The number of hydrogen-bond donors (Lipinski definition) is 3. The number of carbonyl (C=O) groups excluding carboxylic acids is 4. The lowest BCUT2D eigenvalue weighted by Gasteiger charge is -2.21. The lowest BCUT2D eigenvalue weighted by molar-refractivity contribution is -0.161. The first kappa shape index (κ1) is 102. The molecule has 0 aromatic carbocycles. The van der Waals surface area contributed by atoms with Gasteiger partial charge in [-0.05, 0) is 49.4 Å². The van der Waals surface area contributed by atoms with Crippen LogP contribution in [-0.2, 0) is 65.4 Å². The van der Waals surface area contributed by atoms with Crippen LogP contribution in [0.3, 0.4) is 0 Å². The number of aliphatic hydroxyl groups excluding tert-OH is 1. The maximum absolute atomic E-state index is 13.1. The van der Waals surface area contributed by atoms with E-state index in [0.717, 1.165) is 114 Å². The highest BCUT2D eigenvalue weighted by Crippen LogP contribution is 2.45. The molecule has 618 valence electrons. The lowest BCUT2D eigenvalue weighted by atomic mass is 9.99. The average Bonchev–Trinajstić information content (AvgIpc) is 0.955. The smallest absolute Gasteiger partial charge is 0.462 e.